The Morgan fingerprint density at radius 2 is 1.08 bits per heavy atom. The third-order valence-corrected chi connectivity index (χ3v) is 10.0. The molecule has 2 saturated carbocycles. The minimum absolute atomic E-state index is 0.201. The molecule has 0 radical (unpaired) electrons. The molecule has 4 aromatic rings. The van der Waals surface area contributed by atoms with Crippen LogP contribution in [0.1, 0.15) is 63.8 Å². The molecule has 50 heavy (non-hydrogen) atoms. The fourth-order valence-corrected chi connectivity index (χ4v) is 7.31. The first kappa shape index (κ1) is 32.8. The van der Waals surface area contributed by atoms with Crippen molar-refractivity contribution in [3.8, 4) is 0 Å². The molecule has 0 amide bonds. The summed E-state index contributed by atoms with van der Waals surface area (Å²) in [7, 11) is 0. The highest BCUT2D eigenvalue weighted by molar-refractivity contribution is 5.83. The Balaban J connectivity index is 0.858. The van der Waals surface area contributed by atoms with Gasteiger partial charge in [0.1, 0.15) is 54.2 Å². The molecule has 0 bridgehead atoms. The number of fused-ring (bicyclic) bond motifs is 2. The van der Waals surface area contributed by atoms with Gasteiger partial charge in [0.15, 0.2) is 59.6 Å². The highest BCUT2D eigenvalue weighted by Crippen LogP contribution is 2.35. The summed E-state index contributed by atoms with van der Waals surface area (Å²) < 4.78 is 14.8. The van der Waals surface area contributed by atoms with E-state index >= 15 is 0 Å². The molecular formula is C30H40N11O9+. The molecule has 2 saturated heterocycles. The van der Waals surface area contributed by atoms with Crippen molar-refractivity contribution in [2.45, 2.75) is 113 Å². The van der Waals surface area contributed by atoms with E-state index in [0.29, 0.717) is 46.0 Å². The van der Waals surface area contributed by atoms with Crippen molar-refractivity contribution in [3.05, 3.63) is 30.2 Å². The number of anilines is 2. The van der Waals surface area contributed by atoms with E-state index in [0.717, 1.165) is 51.4 Å². The zero-order chi connectivity index (χ0) is 34.4. The minimum atomic E-state index is -1.41. The molecule has 8 rings (SSSR count). The Hall–Kier alpha value is -4.34. The molecule has 0 unspecified atom stereocenters. The Morgan fingerprint density at radius 1 is 0.660 bits per heavy atom. The van der Waals surface area contributed by atoms with E-state index in [9.17, 15) is 25.3 Å². The molecule has 0 spiro atoms. The van der Waals surface area contributed by atoms with Crippen molar-refractivity contribution >= 4 is 34.0 Å². The van der Waals surface area contributed by atoms with E-state index < -0.39 is 62.3 Å². The van der Waals surface area contributed by atoms with Crippen molar-refractivity contribution in [1.82, 2.24) is 39.0 Å². The Kier molecular flexibility index (Phi) is 9.04. The van der Waals surface area contributed by atoms with Crippen LogP contribution in [0, 0.1) is 4.91 Å². The predicted molar refractivity (Wildman–Crippen MR) is 170 cm³/mol. The molecule has 20 nitrogen and oxygen atoms in total. The summed E-state index contributed by atoms with van der Waals surface area (Å²) in [5.74, 6) is 1.16. The van der Waals surface area contributed by atoms with Crippen LogP contribution in [0.5, 0.6) is 0 Å². The number of nitrogens with zero attached hydrogens (tertiary/aromatic N) is 9. The van der Waals surface area contributed by atoms with Crippen LogP contribution in [-0.4, -0.2) is 126 Å². The van der Waals surface area contributed by atoms with Crippen LogP contribution in [0.25, 0.3) is 22.3 Å². The Morgan fingerprint density at radius 3 is 1.50 bits per heavy atom. The van der Waals surface area contributed by atoms with Gasteiger partial charge in [0.25, 0.3) is 0 Å². The maximum absolute atomic E-state index is 12.5. The fraction of sp³-hybridized carbons (Fsp3) is 0.667. The topological polar surface area (TPSA) is 249 Å². The average Bonchev–Trinajstić information content (AvgIpc) is 3.98. The lowest BCUT2D eigenvalue weighted by atomic mass is 10.1. The van der Waals surface area contributed by atoms with Gasteiger partial charge in [-0.05, 0) is 25.7 Å². The van der Waals surface area contributed by atoms with Crippen LogP contribution in [0.3, 0.4) is 0 Å². The normalized spacial score (nSPS) is 30.5. The van der Waals surface area contributed by atoms with Gasteiger partial charge in [0.05, 0.1) is 12.7 Å². The highest BCUT2D eigenvalue weighted by Gasteiger charge is 2.48. The van der Waals surface area contributed by atoms with Crippen LogP contribution in [0.4, 0.5) is 11.6 Å². The van der Waals surface area contributed by atoms with Gasteiger partial charge in [-0.3, -0.25) is 9.13 Å². The quantitative estimate of drug-likeness (QED) is 0.109. The molecule has 6 heterocycles. The lowest BCUT2D eigenvalue weighted by Crippen LogP contribution is -2.36. The molecule has 6 N–H and O–H groups in total. The van der Waals surface area contributed by atoms with Crippen molar-refractivity contribution in [2.24, 2.45) is 0 Å². The lowest BCUT2D eigenvalue weighted by molar-refractivity contribution is -0.982. The van der Waals surface area contributed by atoms with Gasteiger partial charge in [0.2, 0.25) is 0 Å². The second-order valence-corrected chi connectivity index (χ2v) is 13.3. The SMILES string of the molecule is O=[N+](OC[C@H]1O[C@@H](n2cnc3c(NC4CCCC4)ncnc32)[C@H](O)[C@H]1O)OC[C@H]1O[C@@H](n2cnc3c(NC4CCCC4)ncnc32)[C@H](O)[C@H]1O. The van der Waals surface area contributed by atoms with Gasteiger partial charge >= 0.3 is 5.09 Å². The Labute approximate surface area is 284 Å². The molecule has 268 valence electrons. The number of hydrogen-bond acceptors (Lipinski definition) is 17. The van der Waals surface area contributed by atoms with Crippen LogP contribution in [0.15, 0.2) is 25.3 Å². The van der Waals surface area contributed by atoms with Crippen molar-refractivity contribution in [1.29, 1.82) is 0 Å². The second kappa shape index (κ2) is 13.8. The summed E-state index contributed by atoms with van der Waals surface area (Å²) in [6.07, 6.45) is 4.47. The summed E-state index contributed by atoms with van der Waals surface area (Å²) in [6.45, 7) is -0.961. The number of hydrogen-bond donors (Lipinski definition) is 6. The van der Waals surface area contributed by atoms with Gasteiger partial charge in [-0.25, -0.2) is 29.9 Å². The third-order valence-electron chi connectivity index (χ3n) is 10.0. The zero-order valence-electron chi connectivity index (χ0n) is 27.0. The summed E-state index contributed by atoms with van der Waals surface area (Å²) in [5.41, 5.74) is 1.81. The minimum Gasteiger partial charge on any atom is -0.387 e. The van der Waals surface area contributed by atoms with Gasteiger partial charge in [0, 0.05) is 12.1 Å². The molecule has 4 fully saturated rings. The highest BCUT2D eigenvalue weighted by atomic mass is 17.0. The van der Waals surface area contributed by atoms with Crippen molar-refractivity contribution in [2.75, 3.05) is 23.8 Å². The summed E-state index contributed by atoms with van der Waals surface area (Å²) >= 11 is 0. The van der Waals surface area contributed by atoms with Crippen molar-refractivity contribution in [3.63, 3.8) is 0 Å². The molecule has 8 atom stereocenters. The van der Waals surface area contributed by atoms with Gasteiger partial charge in [-0.1, -0.05) is 25.7 Å². The van der Waals surface area contributed by atoms with Gasteiger partial charge in [-0.2, -0.15) is 9.68 Å². The molecule has 4 aliphatic rings. The monoisotopic (exact) mass is 698 g/mol. The molecule has 2 aliphatic carbocycles. The fourth-order valence-electron chi connectivity index (χ4n) is 7.31. The number of rotatable bonds is 12. The number of nitrogens with one attached hydrogen (secondary N) is 2. The smallest absolute Gasteiger partial charge is 0.387 e. The third kappa shape index (κ3) is 6.15. The number of aliphatic hydroxyl groups is 4. The standard InChI is InChI=1S/C30H40N11O9/c42-21-17(49-29(23(21)44)39-13-35-19-25(31-11-33-27(19)39)37-15-5-1-2-6-15)9-47-41(46)48-10-18-22(43)24(45)30(50-18)40-14-36-20-26(32-12-34-28(20)40)38-16-7-3-4-8-16/h11-18,21-24,29-30,42-45H,1-10H2,(H,31,33,37)(H,32,34,38)/q+1/t17-,18-,21+,22+,23-,24-,29-,30-/m1/s1. The summed E-state index contributed by atoms with van der Waals surface area (Å²) in [6, 6.07) is 0.595. The maximum atomic E-state index is 12.5. The van der Waals surface area contributed by atoms with Crippen LogP contribution in [-0.2, 0) is 19.1 Å². The van der Waals surface area contributed by atoms with E-state index in [1.807, 2.05) is 0 Å². The first-order valence-electron chi connectivity index (χ1n) is 17.0. The second-order valence-electron chi connectivity index (χ2n) is 13.3. The largest absolute Gasteiger partial charge is 0.477 e. The maximum Gasteiger partial charge on any atom is 0.477 e. The van der Waals surface area contributed by atoms with Gasteiger partial charge in [-0.15, -0.1) is 0 Å². The molecule has 2 aliphatic heterocycles. The van der Waals surface area contributed by atoms with E-state index in [4.69, 9.17) is 19.1 Å². The molecule has 20 heteroatoms. The predicted octanol–water partition coefficient (Wildman–Crippen LogP) is 0.256. The van der Waals surface area contributed by atoms with Crippen LogP contribution >= 0.6 is 0 Å². The van der Waals surface area contributed by atoms with Crippen LogP contribution in [0.2, 0.25) is 0 Å². The van der Waals surface area contributed by atoms with E-state index in [1.165, 1.54) is 34.4 Å². The zero-order valence-corrected chi connectivity index (χ0v) is 27.0. The van der Waals surface area contributed by atoms with Crippen LogP contribution < -0.4 is 10.6 Å². The van der Waals surface area contributed by atoms with E-state index in [2.05, 4.69) is 40.5 Å². The first-order valence-corrected chi connectivity index (χ1v) is 17.0. The summed E-state index contributed by atoms with van der Waals surface area (Å²) in [4.78, 5) is 48.8. The van der Waals surface area contributed by atoms with Crippen molar-refractivity contribution < 1.29 is 44.7 Å². The number of aliphatic hydroxyl groups excluding tert-OH is 4. The number of ether oxygens (including phenoxy) is 2. The van der Waals surface area contributed by atoms with E-state index in [-0.39, 0.29) is 5.09 Å². The first-order chi connectivity index (χ1) is 24.4. The molecule has 0 aromatic carbocycles. The number of imidazole rings is 2. The Bertz CT molecular complexity index is 1690. The number of aromatic nitrogens is 8. The van der Waals surface area contributed by atoms with E-state index in [1.54, 1.807) is 0 Å². The lowest BCUT2D eigenvalue weighted by Gasteiger charge is -2.17. The molecule has 4 aromatic heterocycles. The summed E-state index contributed by atoms with van der Waals surface area (Å²) in [5, 5.41) is 49.7. The van der Waals surface area contributed by atoms with Gasteiger partial charge < -0.3 is 40.5 Å². The molecular weight excluding hydrogens is 658 g/mol. The average molecular weight is 699 g/mol.